The highest BCUT2D eigenvalue weighted by Crippen LogP contribution is 2.26. The fraction of sp³-hybridized carbons (Fsp3) is 0.429. The third kappa shape index (κ3) is 3.47. The molecule has 2 amide bonds. The Kier molecular flexibility index (Phi) is 4.39. The van der Waals surface area contributed by atoms with Crippen molar-refractivity contribution in [2.45, 2.75) is 25.3 Å². The van der Waals surface area contributed by atoms with Crippen molar-refractivity contribution >= 4 is 17.7 Å². The summed E-state index contributed by atoms with van der Waals surface area (Å²) in [5.41, 5.74) is 0.729. The molecule has 1 aromatic carbocycles. The lowest BCUT2D eigenvalue weighted by Crippen LogP contribution is -2.42. The van der Waals surface area contributed by atoms with Crippen LogP contribution >= 0.6 is 0 Å². The summed E-state index contributed by atoms with van der Waals surface area (Å²) < 4.78 is 4.75. The quantitative estimate of drug-likeness (QED) is 0.820. The number of nitrogens with one attached hydrogen (secondary N) is 2. The summed E-state index contributed by atoms with van der Waals surface area (Å²) in [5, 5.41) is 5.59. The largest absolute Gasteiger partial charge is 0.469 e. The maximum Gasteiger partial charge on any atom is 0.319 e. The molecule has 0 aromatic heterocycles. The van der Waals surface area contributed by atoms with Crippen molar-refractivity contribution < 1.29 is 14.3 Å². The molecule has 0 heterocycles. The molecule has 2 rings (SSSR count). The maximum absolute atomic E-state index is 11.9. The van der Waals surface area contributed by atoms with E-state index in [1.54, 1.807) is 0 Å². The summed E-state index contributed by atoms with van der Waals surface area (Å²) in [7, 11) is 1.38. The van der Waals surface area contributed by atoms with E-state index in [0.29, 0.717) is 0 Å². The molecule has 2 N–H and O–H groups in total. The SMILES string of the molecule is COC(=O)C1CCCC1NC(=O)Nc1ccccc1. The number of anilines is 1. The first-order chi connectivity index (χ1) is 9.20. The Balaban J connectivity index is 1.90. The van der Waals surface area contributed by atoms with E-state index in [0.717, 1.165) is 24.9 Å². The molecule has 5 nitrogen and oxygen atoms in total. The van der Waals surface area contributed by atoms with Crippen LogP contribution in [0.15, 0.2) is 30.3 Å². The zero-order valence-corrected chi connectivity index (χ0v) is 10.9. The van der Waals surface area contributed by atoms with Crippen molar-refractivity contribution in [2.24, 2.45) is 5.92 Å². The van der Waals surface area contributed by atoms with Crippen molar-refractivity contribution in [1.29, 1.82) is 0 Å². The second-order valence-electron chi connectivity index (χ2n) is 4.63. The van der Waals surface area contributed by atoms with Crippen LogP contribution in [0.5, 0.6) is 0 Å². The van der Waals surface area contributed by atoms with Gasteiger partial charge in [0.05, 0.1) is 13.0 Å². The van der Waals surface area contributed by atoms with Gasteiger partial charge in [-0.25, -0.2) is 4.79 Å². The van der Waals surface area contributed by atoms with Gasteiger partial charge in [0.15, 0.2) is 0 Å². The van der Waals surface area contributed by atoms with E-state index in [2.05, 4.69) is 10.6 Å². The van der Waals surface area contributed by atoms with Crippen LogP contribution in [0.3, 0.4) is 0 Å². The van der Waals surface area contributed by atoms with E-state index < -0.39 is 0 Å². The molecular formula is C14H18N2O3. The lowest BCUT2D eigenvalue weighted by Gasteiger charge is -2.19. The molecule has 1 aromatic rings. The van der Waals surface area contributed by atoms with Crippen LogP contribution < -0.4 is 10.6 Å². The molecule has 0 spiro atoms. The van der Waals surface area contributed by atoms with Gasteiger partial charge < -0.3 is 15.4 Å². The van der Waals surface area contributed by atoms with Crippen molar-refractivity contribution in [3.63, 3.8) is 0 Å². The molecule has 2 atom stereocenters. The Labute approximate surface area is 112 Å². The van der Waals surface area contributed by atoms with E-state index in [-0.39, 0.29) is 24.0 Å². The Bertz CT molecular complexity index is 447. The molecule has 0 aliphatic heterocycles. The van der Waals surface area contributed by atoms with Crippen molar-refractivity contribution in [1.82, 2.24) is 5.32 Å². The molecule has 0 saturated heterocycles. The van der Waals surface area contributed by atoms with Gasteiger partial charge >= 0.3 is 12.0 Å². The number of esters is 1. The number of methoxy groups -OCH3 is 1. The predicted molar refractivity (Wildman–Crippen MR) is 71.7 cm³/mol. The molecule has 1 fully saturated rings. The predicted octanol–water partition coefficient (Wildman–Crippen LogP) is 2.15. The first-order valence-corrected chi connectivity index (χ1v) is 6.41. The zero-order valence-electron chi connectivity index (χ0n) is 10.9. The number of benzene rings is 1. The van der Waals surface area contributed by atoms with Crippen molar-refractivity contribution in [3.05, 3.63) is 30.3 Å². The summed E-state index contributed by atoms with van der Waals surface area (Å²) in [5.74, 6) is -0.478. The van der Waals surface area contributed by atoms with E-state index in [1.807, 2.05) is 30.3 Å². The Morgan fingerprint density at radius 3 is 2.63 bits per heavy atom. The van der Waals surface area contributed by atoms with Gasteiger partial charge in [-0.1, -0.05) is 24.6 Å². The van der Waals surface area contributed by atoms with E-state index in [9.17, 15) is 9.59 Å². The third-order valence-electron chi connectivity index (χ3n) is 3.37. The normalized spacial score (nSPS) is 21.7. The topological polar surface area (TPSA) is 67.4 Å². The minimum Gasteiger partial charge on any atom is -0.469 e. The van der Waals surface area contributed by atoms with Crippen LogP contribution in [0.4, 0.5) is 10.5 Å². The average Bonchev–Trinajstić information content (AvgIpc) is 2.87. The highest BCUT2D eigenvalue weighted by Gasteiger charge is 2.34. The summed E-state index contributed by atoms with van der Waals surface area (Å²) in [6, 6.07) is 8.78. The van der Waals surface area contributed by atoms with Gasteiger partial charge in [-0.3, -0.25) is 4.79 Å². The number of rotatable bonds is 3. The molecule has 102 valence electrons. The molecule has 1 aliphatic carbocycles. The fourth-order valence-electron chi connectivity index (χ4n) is 2.42. The first-order valence-electron chi connectivity index (χ1n) is 6.41. The number of carbonyl (C=O) groups is 2. The number of hydrogen-bond acceptors (Lipinski definition) is 3. The van der Waals surface area contributed by atoms with Gasteiger partial charge in [0.1, 0.15) is 0 Å². The molecular weight excluding hydrogens is 244 g/mol. The third-order valence-corrected chi connectivity index (χ3v) is 3.37. The second-order valence-corrected chi connectivity index (χ2v) is 4.63. The second kappa shape index (κ2) is 6.22. The average molecular weight is 262 g/mol. The van der Waals surface area contributed by atoms with Gasteiger partial charge in [-0.15, -0.1) is 0 Å². The highest BCUT2D eigenvalue weighted by atomic mass is 16.5. The molecule has 19 heavy (non-hydrogen) atoms. The zero-order chi connectivity index (χ0) is 13.7. The first kappa shape index (κ1) is 13.4. The van der Waals surface area contributed by atoms with Gasteiger partial charge in [0, 0.05) is 11.7 Å². The number of amides is 2. The van der Waals surface area contributed by atoms with Gasteiger partial charge in [0.2, 0.25) is 0 Å². The van der Waals surface area contributed by atoms with E-state index >= 15 is 0 Å². The number of para-hydroxylation sites is 1. The van der Waals surface area contributed by atoms with Crippen LogP contribution in [-0.4, -0.2) is 25.2 Å². The van der Waals surface area contributed by atoms with Gasteiger partial charge in [-0.05, 0) is 25.0 Å². The van der Waals surface area contributed by atoms with E-state index in [1.165, 1.54) is 7.11 Å². The molecule has 0 bridgehead atoms. The van der Waals surface area contributed by atoms with Crippen molar-refractivity contribution in [2.75, 3.05) is 12.4 Å². The summed E-state index contributed by atoms with van der Waals surface area (Å²) in [6.07, 6.45) is 2.50. The number of ether oxygens (including phenoxy) is 1. The lowest BCUT2D eigenvalue weighted by atomic mass is 10.0. The maximum atomic E-state index is 11.9. The molecule has 0 radical (unpaired) electrons. The van der Waals surface area contributed by atoms with Gasteiger partial charge in [-0.2, -0.15) is 0 Å². The van der Waals surface area contributed by atoms with Crippen LogP contribution in [-0.2, 0) is 9.53 Å². The van der Waals surface area contributed by atoms with Crippen molar-refractivity contribution in [3.8, 4) is 0 Å². The van der Waals surface area contributed by atoms with E-state index in [4.69, 9.17) is 4.74 Å². The lowest BCUT2D eigenvalue weighted by molar-refractivity contribution is -0.145. The molecule has 1 saturated carbocycles. The fourth-order valence-corrected chi connectivity index (χ4v) is 2.42. The Hall–Kier alpha value is -2.04. The highest BCUT2D eigenvalue weighted by molar-refractivity contribution is 5.89. The molecule has 5 heteroatoms. The Morgan fingerprint density at radius 1 is 1.21 bits per heavy atom. The number of carbonyl (C=O) groups excluding carboxylic acids is 2. The number of hydrogen-bond donors (Lipinski definition) is 2. The minimum absolute atomic E-state index is 0.142. The van der Waals surface area contributed by atoms with Crippen LogP contribution in [0.25, 0.3) is 0 Å². The molecule has 2 unspecified atom stereocenters. The minimum atomic E-state index is -0.285. The summed E-state index contributed by atoms with van der Waals surface area (Å²) in [6.45, 7) is 0. The Morgan fingerprint density at radius 2 is 1.95 bits per heavy atom. The smallest absolute Gasteiger partial charge is 0.319 e. The van der Waals surface area contributed by atoms with Crippen LogP contribution in [0.1, 0.15) is 19.3 Å². The van der Waals surface area contributed by atoms with Crippen LogP contribution in [0.2, 0.25) is 0 Å². The standard InChI is InChI=1S/C14H18N2O3/c1-19-13(17)11-8-5-9-12(11)16-14(18)15-10-6-3-2-4-7-10/h2-4,6-7,11-12H,5,8-9H2,1H3,(H2,15,16,18). The van der Waals surface area contributed by atoms with Crippen LogP contribution in [0, 0.1) is 5.92 Å². The molecule has 1 aliphatic rings. The monoisotopic (exact) mass is 262 g/mol. The van der Waals surface area contributed by atoms with Gasteiger partial charge in [0.25, 0.3) is 0 Å². The summed E-state index contributed by atoms with van der Waals surface area (Å²) in [4.78, 5) is 23.4. The number of urea groups is 1. The summed E-state index contributed by atoms with van der Waals surface area (Å²) >= 11 is 0.